The van der Waals surface area contributed by atoms with Crippen LogP contribution in [0.3, 0.4) is 0 Å². The van der Waals surface area contributed by atoms with Crippen molar-refractivity contribution in [1.82, 2.24) is 0 Å². The van der Waals surface area contributed by atoms with Gasteiger partial charge in [0.25, 0.3) is 0 Å². The molecule has 1 N–H and O–H groups in total. The number of benzene rings is 2. The van der Waals surface area contributed by atoms with Gasteiger partial charge in [-0.25, -0.2) is 0 Å². The van der Waals surface area contributed by atoms with Gasteiger partial charge in [0.2, 0.25) is 0 Å². The second-order valence-corrected chi connectivity index (χ2v) is 6.45. The number of nitrogens with zero attached hydrogens (tertiary/aromatic N) is 1. The maximum absolute atomic E-state index is 8.84. The van der Waals surface area contributed by atoms with Gasteiger partial charge in [-0.3, -0.25) is 0 Å². The lowest BCUT2D eigenvalue weighted by Gasteiger charge is -2.09. The number of allylic oxidation sites excluding steroid dienone is 1. The molecular weight excluding hydrogens is 270 g/mol. The van der Waals surface area contributed by atoms with Crippen molar-refractivity contribution in [2.75, 3.05) is 0 Å². The molecule has 0 spiro atoms. The van der Waals surface area contributed by atoms with Crippen LogP contribution in [0.4, 0.5) is 0 Å². The topological polar surface area (TPSA) is 32.6 Å². The van der Waals surface area contributed by atoms with Crippen LogP contribution < -0.4 is 0 Å². The smallest absolute Gasteiger partial charge is 0.0478 e. The third-order valence-electron chi connectivity index (χ3n) is 4.74. The van der Waals surface area contributed by atoms with E-state index in [1.165, 1.54) is 16.7 Å². The summed E-state index contributed by atoms with van der Waals surface area (Å²) in [5, 5.41) is 12.1. The molecule has 2 aromatic carbocycles. The Morgan fingerprint density at radius 3 is 1.86 bits per heavy atom. The zero-order chi connectivity index (χ0) is 15.6. The van der Waals surface area contributed by atoms with Crippen molar-refractivity contribution in [1.29, 1.82) is 0 Å². The monoisotopic (exact) mass is 291 g/mol. The van der Waals surface area contributed by atoms with E-state index in [1.807, 2.05) is 12.1 Å². The third-order valence-corrected chi connectivity index (χ3v) is 4.74. The Morgan fingerprint density at radius 1 is 0.909 bits per heavy atom. The van der Waals surface area contributed by atoms with Gasteiger partial charge in [-0.15, -0.1) is 5.16 Å². The Bertz CT molecular complexity index is 645. The molecule has 2 heteroatoms. The average molecular weight is 291 g/mol. The van der Waals surface area contributed by atoms with E-state index >= 15 is 0 Å². The molecule has 2 atom stereocenters. The lowest BCUT2D eigenvalue weighted by atomic mass is 9.95. The first kappa shape index (κ1) is 14.6. The summed E-state index contributed by atoms with van der Waals surface area (Å²) in [7, 11) is 0. The van der Waals surface area contributed by atoms with Crippen molar-refractivity contribution in [3.8, 4) is 0 Å². The maximum atomic E-state index is 8.84. The molecule has 0 heterocycles. The molecule has 1 aliphatic carbocycles. The van der Waals surface area contributed by atoms with Gasteiger partial charge in [-0.1, -0.05) is 80.6 Å². The van der Waals surface area contributed by atoms with Crippen molar-refractivity contribution < 1.29 is 5.21 Å². The molecule has 0 radical (unpaired) electrons. The lowest BCUT2D eigenvalue weighted by molar-refractivity contribution is 0.319. The van der Waals surface area contributed by atoms with Crippen LogP contribution in [0.1, 0.15) is 25.0 Å². The number of hydrogen-bond donors (Lipinski definition) is 1. The summed E-state index contributed by atoms with van der Waals surface area (Å²) in [6.45, 7) is 4.43. The zero-order valence-electron chi connectivity index (χ0n) is 13.0. The van der Waals surface area contributed by atoms with E-state index in [1.54, 1.807) is 6.21 Å². The first-order valence-electron chi connectivity index (χ1n) is 7.65. The number of oxime groups is 1. The van der Waals surface area contributed by atoms with E-state index in [9.17, 15) is 0 Å². The summed E-state index contributed by atoms with van der Waals surface area (Å²) in [5.41, 5.74) is 3.82. The van der Waals surface area contributed by atoms with Crippen molar-refractivity contribution in [3.05, 3.63) is 77.9 Å². The van der Waals surface area contributed by atoms with Crippen LogP contribution in [-0.2, 0) is 0 Å². The second kappa shape index (κ2) is 5.80. The van der Waals surface area contributed by atoms with Gasteiger partial charge in [0, 0.05) is 12.1 Å². The minimum absolute atomic E-state index is 0.140. The van der Waals surface area contributed by atoms with E-state index in [-0.39, 0.29) is 5.41 Å². The molecule has 0 bridgehead atoms. The largest absolute Gasteiger partial charge is 0.411 e. The van der Waals surface area contributed by atoms with E-state index < -0.39 is 0 Å². The highest BCUT2D eigenvalue weighted by atomic mass is 16.4. The Labute approximate surface area is 131 Å². The first-order valence-corrected chi connectivity index (χ1v) is 7.65. The summed E-state index contributed by atoms with van der Waals surface area (Å²) in [4.78, 5) is 0. The summed E-state index contributed by atoms with van der Waals surface area (Å²) < 4.78 is 0. The second-order valence-electron chi connectivity index (χ2n) is 6.45. The van der Waals surface area contributed by atoms with Crippen molar-refractivity contribution in [3.63, 3.8) is 0 Å². The molecule has 0 aliphatic heterocycles. The minimum atomic E-state index is 0.140. The number of hydrogen-bond acceptors (Lipinski definition) is 2. The van der Waals surface area contributed by atoms with Crippen LogP contribution in [0.25, 0.3) is 5.57 Å². The molecule has 1 fully saturated rings. The molecule has 22 heavy (non-hydrogen) atoms. The van der Waals surface area contributed by atoms with Crippen LogP contribution in [0.5, 0.6) is 0 Å². The predicted molar refractivity (Wildman–Crippen MR) is 91.0 cm³/mol. The van der Waals surface area contributed by atoms with Crippen molar-refractivity contribution >= 4 is 11.8 Å². The Hall–Kier alpha value is -2.35. The summed E-state index contributed by atoms with van der Waals surface area (Å²) >= 11 is 0. The average Bonchev–Trinajstić information content (AvgIpc) is 3.06. The molecule has 2 unspecified atom stereocenters. The fourth-order valence-corrected chi connectivity index (χ4v) is 3.17. The van der Waals surface area contributed by atoms with E-state index in [2.05, 4.69) is 73.6 Å². The van der Waals surface area contributed by atoms with Gasteiger partial charge in [-0.05, 0) is 28.0 Å². The summed E-state index contributed by atoms with van der Waals surface area (Å²) in [6, 6.07) is 20.9. The molecule has 0 saturated heterocycles. The highest BCUT2D eigenvalue weighted by Gasteiger charge is 2.55. The molecular formula is C20H21NO. The maximum Gasteiger partial charge on any atom is 0.0478 e. The van der Waals surface area contributed by atoms with Gasteiger partial charge in [0.05, 0.1) is 0 Å². The summed E-state index contributed by atoms with van der Waals surface area (Å²) in [5.74, 6) is 0.679. The van der Waals surface area contributed by atoms with Crippen molar-refractivity contribution in [2.24, 2.45) is 22.4 Å². The van der Waals surface area contributed by atoms with Crippen LogP contribution in [0.15, 0.2) is 71.9 Å². The lowest BCUT2D eigenvalue weighted by Crippen LogP contribution is -1.92. The Morgan fingerprint density at radius 2 is 1.41 bits per heavy atom. The highest BCUT2D eigenvalue weighted by Crippen LogP contribution is 2.58. The van der Waals surface area contributed by atoms with Crippen LogP contribution in [0, 0.1) is 17.3 Å². The van der Waals surface area contributed by atoms with Crippen LogP contribution >= 0.6 is 0 Å². The normalized spacial score (nSPS) is 22.5. The molecule has 3 rings (SSSR count). The third kappa shape index (κ3) is 2.69. The fraction of sp³-hybridized carbons (Fsp3) is 0.250. The Kier molecular flexibility index (Phi) is 3.84. The van der Waals surface area contributed by atoms with E-state index in [4.69, 9.17) is 5.21 Å². The first-order chi connectivity index (χ1) is 10.6. The van der Waals surface area contributed by atoms with Gasteiger partial charge >= 0.3 is 0 Å². The Balaban J connectivity index is 2.02. The number of rotatable bonds is 4. The predicted octanol–water partition coefficient (Wildman–Crippen LogP) is 4.85. The van der Waals surface area contributed by atoms with Crippen LogP contribution in [-0.4, -0.2) is 11.4 Å². The van der Waals surface area contributed by atoms with Gasteiger partial charge in [0.1, 0.15) is 0 Å². The standard InChI is InChI=1S/C20H21NO/c1-20(2)18(19(20)14-21-22)13-17(15-9-5-3-6-10-15)16-11-7-4-8-12-16/h3-14,18-19,22H,1-2H3/b21-14+. The SMILES string of the molecule is CC1(C)C(C=C(c2ccccc2)c2ccccc2)C1/C=N/O. The van der Waals surface area contributed by atoms with E-state index in [0.29, 0.717) is 11.8 Å². The van der Waals surface area contributed by atoms with Crippen LogP contribution in [0.2, 0.25) is 0 Å². The molecule has 1 saturated carbocycles. The molecule has 0 amide bonds. The summed E-state index contributed by atoms with van der Waals surface area (Å²) in [6.07, 6.45) is 3.99. The molecule has 112 valence electrons. The minimum Gasteiger partial charge on any atom is -0.411 e. The van der Waals surface area contributed by atoms with Gasteiger partial charge < -0.3 is 5.21 Å². The zero-order valence-corrected chi connectivity index (χ0v) is 13.0. The van der Waals surface area contributed by atoms with Gasteiger partial charge in [0.15, 0.2) is 0 Å². The van der Waals surface area contributed by atoms with E-state index in [0.717, 1.165) is 0 Å². The highest BCUT2D eigenvalue weighted by molar-refractivity contribution is 5.81. The molecule has 1 aliphatic rings. The quantitative estimate of drug-likeness (QED) is 0.487. The molecule has 2 aromatic rings. The van der Waals surface area contributed by atoms with Gasteiger partial charge in [-0.2, -0.15) is 0 Å². The van der Waals surface area contributed by atoms with Crippen molar-refractivity contribution in [2.45, 2.75) is 13.8 Å². The molecule has 0 aromatic heterocycles. The fourth-order valence-electron chi connectivity index (χ4n) is 3.17. The molecule has 2 nitrogen and oxygen atoms in total.